The summed E-state index contributed by atoms with van der Waals surface area (Å²) in [4.78, 5) is 0. The Kier molecular flexibility index (Phi) is 15.9. The van der Waals surface area contributed by atoms with E-state index in [1.807, 2.05) is 13.8 Å². The molecular formula is C20H43NO4. The second-order valence-corrected chi connectivity index (χ2v) is 7.27. The van der Waals surface area contributed by atoms with Crippen molar-refractivity contribution < 1.29 is 19.7 Å². The predicted molar refractivity (Wildman–Crippen MR) is 103 cm³/mol. The molecule has 0 aromatic rings. The van der Waals surface area contributed by atoms with Crippen molar-refractivity contribution >= 4 is 0 Å². The first-order chi connectivity index (χ1) is 12.0. The summed E-state index contributed by atoms with van der Waals surface area (Å²) in [5, 5.41) is 18.1. The van der Waals surface area contributed by atoms with E-state index in [2.05, 4.69) is 6.92 Å². The molecule has 0 heterocycles. The molecule has 0 bridgehead atoms. The minimum Gasteiger partial charge on any atom is -0.396 e. The molecule has 0 aromatic heterocycles. The van der Waals surface area contributed by atoms with Crippen molar-refractivity contribution in [1.29, 1.82) is 0 Å². The number of aliphatic hydroxyl groups excluding tert-OH is 2. The van der Waals surface area contributed by atoms with Gasteiger partial charge in [-0.25, -0.2) is 0 Å². The van der Waals surface area contributed by atoms with Crippen LogP contribution in [0.4, 0.5) is 0 Å². The van der Waals surface area contributed by atoms with Gasteiger partial charge < -0.3 is 19.7 Å². The summed E-state index contributed by atoms with van der Waals surface area (Å²) in [6.45, 7) is 6.18. The second-order valence-electron chi connectivity index (χ2n) is 7.27. The Bertz CT molecular complexity index is 275. The molecule has 5 nitrogen and oxygen atoms in total. The van der Waals surface area contributed by atoms with E-state index >= 15 is 0 Å². The van der Waals surface area contributed by atoms with Crippen molar-refractivity contribution in [3.05, 3.63) is 0 Å². The topological polar surface area (TPSA) is 84.9 Å². The Morgan fingerprint density at radius 2 is 1.16 bits per heavy atom. The first-order valence-electron chi connectivity index (χ1n) is 10.3. The van der Waals surface area contributed by atoms with Crippen LogP contribution in [0.1, 0.15) is 97.8 Å². The van der Waals surface area contributed by atoms with Crippen molar-refractivity contribution in [1.82, 2.24) is 0 Å². The molecule has 0 aliphatic carbocycles. The SMILES string of the molecule is CCCCCCCCCCCC(N)(OC(C)CCO)OC(C)CCO. The maximum atomic E-state index is 9.06. The first-order valence-corrected chi connectivity index (χ1v) is 10.3. The van der Waals surface area contributed by atoms with Gasteiger partial charge in [-0.1, -0.05) is 58.3 Å². The Balaban J connectivity index is 4.12. The number of rotatable bonds is 18. The summed E-state index contributed by atoms with van der Waals surface area (Å²) in [6, 6.07) is 0. The summed E-state index contributed by atoms with van der Waals surface area (Å²) >= 11 is 0. The van der Waals surface area contributed by atoms with Gasteiger partial charge in [0.1, 0.15) is 0 Å². The molecule has 5 heteroatoms. The second kappa shape index (κ2) is 16.0. The number of nitrogens with two attached hydrogens (primary N) is 1. The molecule has 0 aromatic carbocycles. The van der Waals surface area contributed by atoms with E-state index in [0.29, 0.717) is 19.3 Å². The van der Waals surface area contributed by atoms with Gasteiger partial charge in [-0.2, -0.15) is 0 Å². The highest BCUT2D eigenvalue weighted by molar-refractivity contribution is 4.68. The van der Waals surface area contributed by atoms with Crippen LogP contribution in [0.15, 0.2) is 0 Å². The summed E-state index contributed by atoms with van der Waals surface area (Å²) in [5.74, 6) is -1.13. The lowest BCUT2D eigenvalue weighted by molar-refractivity contribution is -0.277. The zero-order chi connectivity index (χ0) is 19.0. The van der Waals surface area contributed by atoms with Crippen molar-refractivity contribution in [2.24, 2.45) is 5.73 Å². The number of ether oxygens (including phenoxy) is 2. The van der Waals surface area contributed by atoms with Crippen molar-refractivity contribution in [2.75, 3.05) is 13.2 Å². The van der Waals surface area contributed by atoms with Gasteiger partial charge in [0.15, 0.2) is 0 Å². The molecule has 0 aliphatic heterocycles. The molecular weight excluding hydrogens is 318 g/mol. The fourth-order valence-electron chi connectivity index (χ4n) is 2.99. The maximum absolute atomic E-state index is 9.06. The zero-order valence-electron chi connectivity index (χ0n) is 16.8. The fourth-order valence-corrected chi connectivity index (χ4v) is 2.99. The lowest BCUT2D eigenvalue weighted by Crippen LogP contribution is -2.49. The molecule has 0 saturated heterocycles. The van der Waals surface area contributed by atoms with Crippen LogP contribution in [0, 0.1) is 0 Å². The van der Waals surface area contributed by atoms with Gasteiger partial charge in [-0.3, -0.25) is 5.73 Å². The van der Waals surface area contributed by atoms with Crippen LogP contribution in [-0.4, -0.2) is 41.5 Å². The minimum absolute atomic E-state index is 0.0709. The average molecular weight is 362 g/mol. The first kappa shape index (κ1) is 24.8. The molecule has 152 valence electrons. The Morgan fingerprint density at radius 3 is 1.56 bits per heavy atom. The molecule has 2 unspecified atom stereocenters. The molecule has 0 spiro atoms. The molecule has 0 fully saturated rings. The standard InChI is InChI=1S/C20H43NO4/c1-4-5-6-7-8-9-10-11-12-15-20(21,24-18(2)13-16-22)25-19(3)14-17-23/h18-19,22-23H,4-17,21H2,1-3H3. The molecule has 2 atom stereocenters. The van der Waals surface area contributed by atoms with Crippen molar-refractivity contribution in [2.45, 2.75) is 116 Å². The van der Waals surface area contributed by atoms with E-state index < -0.39 is 5.91 Å². The third-order valence-corrected chi connectivity index (χ3v) is 4.50. The largest absolute Gasteiger partial charge is 0.396 e. The monoisotopic (exact) mass is 361 g/mol. The fraction of sp³-hybridized carbons (Fsp3) is 1.00. The highest BCUT2D eigenvalue weighted by Gasteiger charge is 2.30. The zero-order valence-corrected chi connectivity index (χ0v) is 16.8. The smallest absolute Gasteiger partial charge is 0.225 e. The lowest BCUT2D eigenvalue weighted by atomic mass is 10.1. The Labute approximate surface area is 155 Å². The van der Waals surface area contributed by atoms with Gasteiger partial charge in [0.2, 0.25) is 5.91 Å². The molecule has 0 saturated carbocycles. The van der Waals surface area contributed by atoms with Crippen molar-refractivity contribution in [3.63, 3.8) is 0 Å². The third kappa shape index (κ3) is 14.6. The minimum atomic E-state index is -1.13. The lowest BCUT2D eigenvalue weighted by Gasteiger charge is -2.35. The van der Waals surface area contributed by atoms with Gasteiger partial charge in [0, 0.05) is 19.6 Å². The normalized spacial score (nSPS) is 16.6. The third-order valence-electron chi connectivity index (χ3n) is 4.50. The Hall–Kier alpha value is -0.200. The number of hydrogen-bond donors (Lipinski definition) is 3. The molecule has 0 radical (unpaired) electrons. The maximum Gasteiger partial charge on any atom is 0.225 e. The summed E-state index contributed by atoms with van der Waals surface area (Å²) in [6.07, 6.45) is 12.7. The van der Waals surface area contributed by atoms with Gasteiger partial charge >= 0.3 is 0 Å². The highest BCUT2D eigenvalue weighted by Crippen LogP contribution is 2.22. The number of unbranched alkanes of at least 4 members (excludes halogenated alkanes) is 8. The van der Waals surface area contributed by atoms with E-state index in [1.165, 1.54) is 44.9 Å². The van der Waals surface area contributed by atoms with E-state index in [1.54, 1.807) is 0 Å². The van der Waals surface area contributed by atoms with Crippen LogP contribution in [0.5, 0.6) is 0 Å². The van der Waals surface area contributed by atoms with Crippen LogP contribution >= 0.6 is 0 Å². The molecule has 4 N–H and O–H groups in total. The van der Waals surface area contributed by atoms with Gasteiger partial charge in [0.25, 0.3) is 0 Å². The summed E-state index contributed by atoms with van der Waals surface area (Å²) in [5.41, 5.74) is 6.35. The van der Waals surface area contributed by atoms with Crippen LogP contribution in [-0.2, 0) is 9.47 Å². The predicted octanol–water partition coefficient (Wildman–Crippen LogP) is 4.09. The van der Waals surface area contributed by atoms with Crippen LogP contribution in [0.3, 0.4) is 0 Å². The molecule has 0 amide bonds. The summed E-state index contributed by atoms with van der Waals surface area (Å²) < 4.78 is 11.8. The van der Waals surface area contributed by atoms with Crippen LogP contribution in [0.2, 0.25) is 0 Å². The van der Waals surface area contributed by atoms with E-state index in [4.69, 9.17) is 25.4 Å². The van der Waals surface area contributed by atoms with E-state index in [-0.39, 0.29) is 25.4 Å². The summed E-state index contributed by atoms with van der Waals surface area (Å²) in [7, 11) is 0. The van der Waals surface area contributed by atoms with Crippen LogP contribution in [0.25, 0.3) is 0 Å². The number of hydrogen-bond acceptors (Lipinski definition) is 5. The van der Waals surface area contributed by atoms with Gasteiger partial charge in [0.05, 0.1) is 12.2 Å². The van der Waals surface area contributed by atoms with Crippen molar-refractivity contribution in [3.8, 4) is 0 Å². The molecule has 0 aliphatic rings. The molecule has 0 rings (SSSR count). The van der Waals surface area contributed by atoms with Gasteiger partial charge in [-0.05, 0) is 33.1 Å². The van der Waals surface area contributed by atoms with Crippen LogP contribution < -0.4 is 5.73 Å². The van der Waals surface area contributed by atoms with E-state index in [9.17, 15) is 0 Å². The Morgan fingerprint density at radius 1 is 0.760 bits per heavy atom. The highest BCUT2D eigenvalue weighted by atomic mass is 16.7. The number of aliphatic hydroxyl groups is 2. The average Bonchev–Trinajstić information content (AvgIpc) is 2.53. The van der Waals surface area contributed by atoms with Gasteiger partial charge in [-0.15, -0.1) is 0 Å². The molecule has 25 heavy (non-hydrogen) atoms. The quantitative estimate of drug-likeness (QED) is 0.253. The van der Waals surface area contributed by atoms with E-state index in [0.717, 1.165) is 12.8 Å².